The second-order valence-electron chi connectivity index (χ2n) is 9.22. The molecule has 35 heavy (non-hydrogen) atoms. The minimum Gasteiger partial charge on any atom is -0.396 e. The Labute approximate surface area is 207 Å². The molecule has 2 aliphatic rings. The van der Waals surface area contributed by atoms with E-state index < -0.39 is 18.2 Å². The Hall–Kier alpha value is -2.44. The number of thiazole rings is 1. The summed E-state index contributed by atoms with van der Waals surface area (Å²) in [6.45, 7) is 5.41. The summed E-state index contributed by atoms with van der Waals surface area (Å²) in [5, 5.41) is 38.0. The van der Waals surface area contributed by atoms with Gasteiger partial charge >= 0.3 is 0 Å². The standard InChI is InChI=1S/C24H32N6O4S/c1-3-34-9-8-26-24-27-12(2)17(22(30-24)28-19-14(11-31)10-15(32)21(19)33)23-29-20-16(35-23)6-7-25-18(20)13-4-5-13/h6-7,13-15,19,21,31-33H,3-5,8-11H2,1-2H3,(H2,26,27,28,30)/t14-,15+,19+,21+/m0/s1. The van der Waals surface area contributed by atoms with Crippen molar-refractivity contribution in [3.63, 3.8) is 0 Å². The minimum atomic E-state index is -1.02. The van der Waals surface area contributed by atoms with Crippen molar-refractivity contribution in [2.24, 2.45) is 5.92 Å². The lowest BCUT2D eigenvalue weighted by molar-refractivity contribution is 0.0390. The molecular weight excluding hydrogens is 468 g/mol. The fourth-order valence-electron chi connectivity index (χ4n) is 4.69. The summed E-state index contributed by atoms with van der Waals surface area (Å²) in [7, 11) is 0. The predicted octanol–water partition coefficient (Wildman–Crippen LogP) is 2.30. The van der Waals surface area contributed by atoms with Gasteiger partial charge < -0.3 is 30.7 Å². The molecule has 3 heterocycles. The van der Waals surface area contributed by atoms with E-state index in [1.165, 1.54) is 0 Å². The summed E-state index contributed by atoms with van der Waals surface area (Å²) < 4.78 is 6.46. The lowest BCUT2D eigenvalue weighted by Gasteiger charge is -2.24. The molecule has 5 N–H and O–H groups in total. The molecule has 11 heteroatoms. The molecule has 2 aliphatic carbocycles. The van der Waals surface area contributed by atoms with Crippen LogP contribution in [-0.2, 0) is 4.74 Å². The Morgan fingerprint density at radius 1 is 1.20 bits per heavy atom. The number of pyridine rings is 1. The maximum Gasteiger partial charge on any atom is 0.224 e. The quantitative estimate of drug-likeness (QED) is 0.263. The van der Waals surface area contributed by atoms with Gasteiger partial charge in [-0.2, -0.15) is 4.98 Å². The Bertz CT molecular complexity index is 1190. The fraction of sp³-hybridized carbons (Fsp3) is 0.583. The van der Waals surface area contributed by atoms with E-state index in [4.69, 9.17) is 14.7 Å². The van der Waals surface area contributed by atoms with E-state index in [1.807, 2.05) is 26.1 Å². The summed E-state index contributed by atoms with van der Waals surface area (Å²) in [5.41, 5.74) is 3.44. The summed E-state index contributed by atoms with van der Waals surface area (Å²) in [6.07, 6.45) is 2.50. The Balaban J connectivity index is 1.54. The van der Waals surface area contributed by atoms with Crippen LogP contribution in [0.5, 0.6) is 0 Å². The molecule has 0 saturated heterocycles. The van der Waals surface area contributed by atoms with Crippen molar-refractivity contribution in [3.05, 3.63) is 23.7 Å². The largest absolute Gasteiger partial charge is 0.396 e. The molecule has 3 aromatic heterocycles. The number of rotatable bonds is 10. The van der Waals surface area contributed by atoms with Crippen molar-refractivity contribution in [2.75, 3.05) is 37.0 Å². The number of aliphatic hydroxyl groups excluding tert-OH is 3. The first-order valence-electron chi connectivity index (χ1n) is 12.2. The van der Waals surface area contributed by atoms with Gasteiger partial charge in [0.05, 0.1) is 40.4 Å². The van der Waals surface area contributed by atoms with Crippen LogP contribution in [0.4, 0.5) is 11.8 Å². The Kier molecular flexibility index (Phi) is 7.12. The first-order chi connectivity index (χ1) is 17.0. The zero-order valence-corrected chi connectivity index (χ0v) is 20.8. The zero-order valence-electron chi connectivity index (χ0n) is 19.9. The van der Waals surface area contributed by atoms with Crippen molar-refractivity contribution < 1.29 is 20.1 Å². The third-order valence-corrected chi connectivity index (χ3v) is 7.73. The van der Waals surface area contributed by atoms with Crippen LogP contribution in [0.2, 0.25) is 0 Å². The van der Waals surface area contributed by atoms with Crippen LogP contribution < -0.4 is 10.6 Å². The number of nitrogens with one attached hydrogen (secondary N) is 2. The lowest BCUT2D eigenvalue weighted by Crippen LogP contribution is -2.38. The number of anilines is 2. The van der Waals surface area contributed by atoms with Crippen LogP contribution in [0.3, 0.4) is 0 Å². The van der Waals surface area contributed by atoms with Crippen LogP contribution in [0.25, 0.3) is 20.8 Å². The summed E-state index contributed by atoms with van der Waals surface area (Å²) in [6, 6.07) is 1.42. The van der Waals surface area contributed by atoms with Crippen LogP contribution in [0.15, 0.2) is 12.3 Å². The third-order valence-electron chi connectivity index (χ3n) is 6.69. The van der Waals surface area contributed by atoms with Crippen molar-refractivity contribution in [2.45, 2.75) is 57.3 Å². The summed E-state index contributed by atoms with van der Waals surface area (Å²) >= 11 is 1.56. The van der Waals surface area contributed by atoms with Gasteiger partial charge in [0.2, 0.25) is 5.95 Å². The molecule has 0 amide bonds. The Morgan fingerprint density at radius 3 is 2.77 bits per heavy atom. The second kappa shape index (κ2) is 10.3. The van der Waals surface area contributed by atoms with E-state index in [2.05, 4.69) is 20.6 Å². The molecule has 10 nitrogen and oxygen atoms in total. The van der Waals surface area contributed by atoms with E-state index in [9.17, 15) is 15.3 Å². The molecule has 5 rings (SSSR count). The van der Waals surface area contributed by atoms with Gasteiger partial charge in [-0.25, -0.2) is 9.97 Å². The normalized spacial score (nSPS) is 24.3. The van der Waals surface area contributed by atoms with Crippen LogP contribution in [-0.4, -0.2) is 79.9 Å². The number of fused-ring (bicyclic) bond motifs is 1. The molecule has 3 aromatic rings. The first-order valence-corrected chi connectivity index (χ1v) is 13.0. The smallest absolute Gasteiger partial charge is 0.224 e. The molecule has 2 saturated carbocycles. The van der Waals surface area contributed by atoms with Gasteiger partial charge in [-0.3, -0.25) is 4.98 Å². The highest BCUT2D eigenvalue weighted by molar-refractivity contribution is 7.21. The first kappa shape index (κ1) is 24.3. The SMILES string of the molecule is CCOCCNc1nc(C)c(-c2nc3c(C4CC4)nccc3s2)c(N[C@@H]2[C@H](CO)C[C@@H](O)[C@H]2O)n1. The third kappa shape index (κ3) is 4.96. The highest BCUT2D eigenvalue weighted by Crippen LogP contribution is 2.44. The van der Waals surface area contributed by atoms with Crippen LogP contribution >= 0.6 is 11.3 Å². The maximum atomic E-state index is 10.6. The zero-order chi connectivity index (χ0) is 24.5. The number of ether oxygens (including phenoxy) is 1. The number of nitrogens with zero attached hydrogens (tertiary/aromatic N) is 4. The average Bonchev–Trinajstić information content (AvgIpc) is 3.54. The van der Waals surface area contributed by atoms with Gasteiger partial charge in [0.25, 0.3) is 0 Å². The van der Waals surface area contributed by atoms with E-state index >= 15 is 0 Å². The van der Waals surface area contributed by atoms with E-state index in [-0.39, 0.29) is 12.5 Å². The van der Waals surface area contributed by atoms with Crippen molar-refractivity contribution in [3.8, 4) is 10.6 Å². The lowest BCUT2D eigenvalue weighted by atomic mass is 10.0. The monoisotopic (exact) mass is 500 g/mol. The van der Waals surface area contributed by atoms with Crippen molar-refractivity contribution in [1.29, 1.82) is 0 Å². The summed E-state index contributed by atoms with van der Waals surface area (Å²) in [4.78, 5) is 19.0. The number of hydrogen-bond donors (Lipinski definition) is 5. The topological polar surface area (TPSA) is 146 Å². The van der Waals surface area contributed by atoms with E-state index in [1.54, 1.807) is 11.3 Å². The highest BCUT2D eigenvalue weighted by Gasteiger charge is 2.42. The molecule has 2 fully saturated rings. The predicted molar refractivity (Wildman–Crippen MR) is 135 cm³/mol. The molecule has 0 unspecified atom stereocenters. The second-order valence-corrected chi connectivity index (χ2v) is 10.3. The number of aliphatic hydroxyl groups is 3. The van der Waals surface area contributed by atoms with Gasteiger partial charge in [-0.05, 0) is 39.2 Å². The minimum absolute atomic E-state index is 0.151. The maximum absolute atomic E-state index is 10.6. The number of hydrogen-bond acceptors (Lipinski definition) is 11. The van der Waals surface area contributed by atoms with Gasteiger partial charge in [0.15, 0.2) is 0 Å². The van der Waals surface area contributed by atoms with Crippen molar-refractivity contribution in [1.82, 2.24) is 19.9 Å². The molecule has 188 valence electrons. The molecule has 0 bridgehead atoms. The Morgan fingerprint density at radius 2 is 2.03 bits per heavy atom. The van der Waals surface area contributed by atoms with Crippen LogP contribution in [0, 0.1) is 12.8 Å². The molecule has 0 spiro atoms. The van der Waals surface area contributed by atoms with Crippen LogP contribution in [0.1, 0.15) is 43.5 Å². The number of aryl methyl sites for hydroxylation is 1. The van der Waals surface area contributed by atoms with Gasteiger partial charge in [-0.15, -0.1) is 11.3 Å². The fourth-order valence-corrected chi connectivity index (χ4v) is 5.76. The number of aromatic nitrogens is 4. The molecule has 0 radical (unpaired) electrons. The van der Waals surface area contributed by atoms with Gasteiger partial charge in [0.1, 0.15) is 22.4 Å². The highest BCUT2D eigenvalue weighted by atomic mass is 32.1. The molecule has 4 atom stereocenters. The molecule has 0 aromatic carbocycles. The molecular formula is C24H32N6O4S. The summed E-state index contributed by atoms with van der Waals surface area (Å²) in [5.74, 6) is 1.11. The average molecular weight is 501 g/mol. The van der Waals surface area contributed by atoms with E-state index in [0.29, 0.717) is 43.9 Å². The van der Waals surface area contributed by atoms with Gasteiger partial charge in [-0.1, -0.05) is 0 Å². The molecule has 0 aliphatic heterocycles. The van der Waals surface area contributed by atoms with Crippen molar-refractivity contribution >= 4 is 33.3 Å². The van der Waals surface area contributed by atoms with Gasteiger partial charge in [0, 0.05) is 37.8 Å². The van der Waals surface area contributed by atoms with E-state index in [0.717, 1.165) is 45.0 Å².